The van der Waals surface area contributed by atoms with Crippen LogP contribution in [-0.2, 0) is 5.41 Å². The number of urea groups is 1. The van der Waals surface area contributed by atoms with Crippen LogP contribution in [0, 0.1) is 5.82 Å². The van der Waals surface area contributed by atoms with Crippen molar-refractivity contribution in [2.45, 2.75) is 25.7 Å². The molecule has 1 aromatic carbocycles. The molecule has 0 aromatic heterocycles. The van der Waals surface area contributed by atoms with Crippen LogP contribution in [-0.4, -0.2) is 30.8 Å². The van der Waals surface area contributed by atoms with Crippen molar-refractivity contribution in [2.75, 3.05) is 19.7 Å². The number of carbonyl (C=O) groups excluding carboxylic acids is 1. The molecular weight excluding hydrogens is 247 g/mol. The van der Waals surface area contributed by atoms with Gasteiger partial charge in [0.1, 0.15) is 5.82 Å². The van der Waals surface area contributed by atoms with Crippen molar-refractivity contribution in [3.63, 3.8) is 0 Å². The number of aliphatic hydroxyl groups excluding tert-OH is 1. The standard InChI is InChI=1S/C14H21FN2O2/c1-14(2,11-6-3-4-7-12(11)15)10-17-13(19)16-8-5-9-18/h3-4,6-7,18H,5,8-10H2,1-2H3,(H2,16,17,19). The van der Waals surface area contributed by atoms with Gasteiger partial charge in [-0.05, 0) is 18.1 Å². The molecule has 0 aliphatic heterocycles. The Labute approximate surface area is 113 Å². The Morgan fingerprint density at radius 3 is 2.63 bits per heavy atom. The second-order valence-corrected chi connectivity index (χ2v) is 5.05. The fraction of sp³-hybridized carbons (Fsp3) is 0.500. The monoisotopic (exact) mass is 268 g/mol. The van der Waals surface area contributed by atoms with Crippen LogP contribution in [0.1, 0.15) is 25.8 Å². The van der Waals surface area contributed by atoms with Crippen LogP contribution >= 0.6 is 0 Å². The molecule has 5 heteroatoms. The van der Waals surface area contributed by atoms with Gasteiger partial charge in [0.15, 0.2) is 0 Å². The van der Waals surface area contributed by atoms with E-state index in [1.807, 2.05) is 13.8 Å². The summed E-state index contributed by atoms with van der Waals surface area (Å²) in [5.41, 5.74) is 0.0882. The average Bonchev–Trinajstić information content (AvgIpc) is 2.37. The number of hydrogen-bond acceptors (Lipinski definition) is 2. The van der Waals surface area contributed by atoms with Gasteiger partial charge in [0.05, 0.1) is 0 Å². The van der Waals surface area contributed by atoms with Gasteiger partial charge in [-0.2, -0.15) is 0 Å². The van der Waals surface area contributed by atoms with Gasteiger partial charge in [-0.3, -0.25) is 0 Å². The zero-order valence-corrected chi connectivity index (χ0v) is 11.4. The molecule has 0 aliphatic carbocycles. The first-order valence-electron chi connectivity index (χ1n) is 6.35. The SMILES string of the molecule is CC(C)(CNC(=O)NCCCO)c1ccccc1F. The highest BCUT2D eigenvalue weighted by molar-refractivity contribution is 5.73. The van der Waals surface area contributed by atoms with E-state index >= 15 is 0 Å². The summed E-state index contributed by atoms with van der Waals surface area (Å²) in [5, 5.41) is 13.9. The van der Waals surface area contributed by atoms with Crippen molar-refractivity contribution < 1.29 is 14.3 Å². The number of rotatable bonds is 6. The minimum Gasteiger partial charge on any atom is -0.396 e. The molecule has 0 bridgehead atoms. The van der Waals surface area contributed by atoms with Crippen molar-refractivity contribution in [1.82, 2.24) is 10.6 Å². The van der Waals surface area contributed by atoms with Crippen LogP contribution in [0.15, 0.2) is 24.3 Å². The Morgan fingerprint density at radius 1 is 1.32 bits per heavy atom. The summed E-state index contributed by atoms with van der Waals surface area (Å²) in [6.07, 6.45) is 0.518. The van der Waals surface area contributed by atoms with Gasteiger partial charge < -0.3 is 15.7 Å². The molecule has 0 heterocycles. The average molecular weight is 268 g/mol. The molecule has 3 N–H and O–H groups in total. The normalized spacial score (nSPS) is 11.2. The van der Waals surface area contributed by atoms with Crippen molar-refractivity contribution in [2.24, 2.45) is 0 Å². The van der Waals surface area contributed by atoms with Gasteiger partial charge in [-0.15, -0.1) is 0 Å². The summed E-state index contributed by atoms with van der Waals surface area (Å²) in [7, 11) is 0. The predicted molar refractivity (Wildman–Crippen MR) is 72.5 cm³/mol. The minimum atomic E-state index is -0.486. The van der Waals surface area contributed by atoms with Crippen molar-refractivity contribution in [3.8, 4) is 0 Å². The second-order valence-electron chi connectivity index (χ2n) is 5.05. The van der Waals surface area contributed by atoms with Crippen LogP contribution < -0.4 is 10.6 Å². The molecule has 106 valence electrons. The Balaban J connectivity index is 2.51. The maximum absolute atomic E-state index is 13.7. The summed E-state index contributed by atoms with van der Waals surface area (Å²) in [6.45, 7) is 4.54. The Kier molecular flexibility index (Phi) is 5.76. The van der Waals surface area contributed by atoms with E-state index in [2.05, 4.69) is 10.6 Å². The van der Waals surface area contributed by atoms with Gasteiger partial charge in [0.2, 0.25) is 0 Å². The molecule has 0 unspecified atom stereocenters. The number of carbonyl (C=O) groups is 1. The van der Waals surface area contributed by atoms with E-state index in [0.29, 0.717) is 25.1 Å². The van der Waals surface area contributed by atoms with Gasteiger partial charge in [-0.25, -0.2) is 9.18 Å². The minimum absolute atomic E-state index is 0.0427. The molecule has 0 aliphatic rings. The maximum Gasteiger partial charge on any atom is 0.314 e. The fourth-order valence-corrected chi connectivity index (χ4v) is 1.75. The number of amides is 2. The van der Waals surface area contributed by atoms with Crippen LogP contribution in [0.3, 0.4) is 0 Å². The molecule has 1 rings (SSSR count). The van der Waals surface area contributed by atoms with Gasteiger partial charge in [-0.1, -0.05) is 32.0 Å². The zero-order chi connectivity index (χ0) is 14.3. The molecule has 0 atom stereocenters. The van der Waals surface area contributed by atoms with Crippen LogP contribution in [0.2, 0.25) is 0 Å². The van der Waals surface area contributed by atoms with Crippen molar-refractivity contribution >= 4 is 6.03 Å². The first-order valence-corrected chi connectivity index (χ1v) is 6.35. The number of nitrogens with one attached hydrogen (secondary N) is 2. The highest BCUT2D eigenvalue weighted by atomic mass is 19.1. The third-order valence-electron chi connectivity index (χ3n) is 2.91. The molecule has 0 spiro atoms. The van der Waals surface area contributed by atoms with Crippen LogP contribution in [0.5, 0.6) is 0 Å². The number of aliphatic hydroxyl groups is 1. The van der Waals surface area contributed by atoms with E-state index in [4.69, 9.17) is 5.11 Å². The third kappa shape index (κ3) is 4.87. The summed E-state index contributed by atoms with van der Waals surface area (Å²) in [5.74, 6) is -0.269. The van der Waals surface area contributed by atoms with E-state index in [9.17, 15) is 9.18 Å². The highest BCUT2D eigenvalue weighted by Crippen LogP contribution is 2.24. The smallest absolute Gasteiger partial charge is 0.314 e. The molecule has 0 fully saturated rings. The van der Waals surface area contributed by atoms with E-state index in [0.717, 1.165) is 0 Å². The molecule has 4 nitrogen and oxygen atoms in total. The number of benzene rings is 1. The van der Waals surface area contributed by atoms with Gasteiger partial charge >= 0.3 is 6.03 Å². The maximum atomic E-state index is 13.7. The first-order chi connectivity index (χ1) is 8.97. The lowest BCUT2D eigenvalue weighted by molar-refractivity contribution is 0.235. The van der Waals surface area contributed by atoms with E-state index in [-0.39, 0.29) is 18.5 Å². The highest BCUT2D eigenvalue weighted by Gasteiger charge is 2.24. The third-order valence-corrected chi connectivity index (χ3v) is 2.91. The quantitative estimate of drug-likeness (QED) is 0.689. The predicted octanol–water partition coefficient (Wildman–Crippen LogP) is 1.78. The van der Waals surface area contributed by atoms with Gasteiger partial charge in [0, 0.05) is 25.1 Å². The Morgan fingerprint density at radius 2 is 2.00 bits per heavy atom. The lowest BCUT2D eigenvalue weighted by Gasteiger charge is -2.26. The van der Waals surface area contributed by atoms with E-state index < -0.39 is 5.41 Å². The van der Waals surface area contributed by atoms with Crippen molar-refractivity contribution in [1.29, 1.82) is 0 Å². The zero-order valence-electron chi connectivity index (χ0n) is 11.4. The van der Waals surface area contributed by atoms with E-state index in [1.165, 1.54) is 6.07 Å². The molecule has 0 radical (unpaired) electrons. The molecule has 2 amide bonds. The largest absolute Gasteiger partial charge is 0.396 e. The van der Waals surface area contributed by atoms with Crippen LogP contribution in [0.4, 0.5) is 9.18 Å². The molecule has 0 saturated carbocycles. The molecular formula is C14H21FN2O2. The number of halogens is 1. The molecule has 0 saturated heterocycles. The fourth-order valence-electron chi connectivity index (χ4n) is 1.75. The Bertz CT molecular complexity index is 422. The van der Waals surface area contributed by atoms with Gasteiger partial charge in [0.25, 0.3) is 0 Å². The molecule has 19 heavy (non-hydrogen) atoms. The summed E-state index contributed by atoms with van der Waals surface area (Å²) in [6, 6.07) is 6.25. The summed E-state index contributed by atoms with van der Waals surface area (Å²) >= 11 is 0. The van der Waals surface area contributed by atoms with Crippen LogP contribution in [0.25, 0.3) is 0 Å². The number of hydrogen-bond donors (Lipinski definition) is 3. The van der Waals surface area contributed by atoms with E-state index in [1.54, 1.807) is 18.2 Å². The molecule has 1 aromatic rings. The lowest BCUT2D eigenvalue weighted by Crippen LogP contribution is -2.43. The first kappa shape index (κ1) is 15.4. The van der Waals surface area contributed by atoms with Crippen molar-refractivity contribution in [3.05, 3.63) is 35.6 Å². The lowest BCUT2D eigenvalue weighted by atomic mass is 9.84. The Hall–Kier alpha value is -1.62. The summed E-state index contributed by atoms with van der Waals surface area (Å²) in [4.78, 5) is 11.5. The summed E-state index contributed by atoms with van der Waals surface area (Å²) < 4.78 is 13.7. The topological polar surface area (TPSA) is 61.4 Å². The second kappa shape index (κ2) is 7.09.